The number of halogens is 1. The first-order valence-corrected chi connectivity index (χ1v) is 7.99. The van der Waals surface area contributed by atoms with Crippen LogP contribution in [-0.2, 0) is 10.2 Å². The molecule has 0 radical (unpaired) electrons. The quantitative estimate of drug-likeness (QED) is 0.833. The summed E-state index contributed by atoms with van der Waals surface area (Å²) in [5.74, 6) is -0.0845. The van der Waals surface area contributed by atoms with Crippen LogP contribution in [-0.4, -0.2) is 30.9 Å². The summed E-state index contributed by atoms with van der Waals surface area (Å²) in [7, 11) is -3.57. The zero-order valence-electron chi connectivity index (χ0n) is 9.76. The summed E-state index contributed by atoms with van der Waals surface area (Å²) in [5.41, 5.74) is 0.190. The van der Waals surface area contributed by atoms with E-state index in [2.05, 4.69) is 20.7 Å². The summed E-state index contributed by atoms with van der Waals surface area (Å²) >= 11 is 3.24. The first-order valence-electron chi connectivity index (χ1n) is 5.75. The van der Waals surface area contributed by atoms with Gasteiger partial charge in [0.25, 0.3) is 0 Å². The van der Waals surface area contributed by atoms with Crippen LogP contribution in [0.15, 0.2) is 22.7 Å². The molecule has 7 heteroatoms. The number of nitrogens with zero attached hydrogens (tertiary/aromatic N) is 1. The first kappa shape index (κ1) is 13.6. The Bertz CT molecular complexity index is 527. The van der Waals surface area contributed by atoms with Crippen LogP contribution in [0.3, 0.4) is 0 Å². The lowest BCUT2D eigenvalue weighted by Crippen LogP contribution is -2.39. The van der Waals surface area contributed by atoms with Gasteiger partial charge in [0, 0.05) is 17.6 Å². The van der Waals surface area contributed by atoms with Crippen molar-refractivity contribution in [3.8, 4) is 5.75 Å². The summed E-state index contributed by atoms with van der Waals surface area (Å²) in [4.78, 5) is 0. The summed E-state index contributed by atoms with van der Waals surface area (Å²) < 4.78 is 28.7. The highest BCUT2D eigenvalue weighted by atomic mass is 79.9. The molecule has 100 valence electrons. The molecule has 1 aromatic rings. The SMILES string of the molecule is O=S(=O)(Nc1cc(Br)ccc1O)N1CCCCC1. The number of benzene rings is 1. The molecule has 1 saturated heterocycles. The minimum absolute atomic E-state index is 0.0845. The predicted molar refractivity (Wildman–Crippen MR) is 73.8 cm³/mol. The predicted octanol–water partition coefficient (Wildman–Crippen LogP) is 2.30. The average molecular weight is 335 g/mol. The Labute approximate surface area is 115 Å². The van der Waals surface area contributed by atoms with E-state index in [9.17, 15) is 13.5 Å². The molecule has 1 aliphatic heterocycles. The van der Waals surface area contributed by atoms with Crippen molar-refractivity contribution in [2.75, 3.05) is 17.8 Å². The molecule has 2 rings (SSSR count). The Morgan fingerprint density at radius 3 is 2.56 bits per heavy atom. The van der Waals surface area contributed by atoms with Gasteiger partial charge in [0.2, 0.25) is 0 Å². The van der Waals surface area contributed by atoms with Gasteiger partial charge in [-0.3, -0.25) is 4.72 Å². The van der Waals surface area contributed by atoms with Crippen molar-refractivity contribution in [3.05, 3.63) is 22.7 Å². The monoisotopic (exact) mass is 334 g/mol. The fraction of sp³-hybridized carbons (Fsp3) is 0.455. The summed E-state index contributed by atoms with van der Waals surface area (Å²) in [6, 6.07) is 4.63. The van der Waals surface area contributed by atoms with Crippen LogP contribution in [0.2, 0.25) is 0 Å². The third kappa shape index (κ3) is 3.15. The van der Waals surface area contributed by atoms with Crippen LogP contribution >= 0.6 is 15.9 Å². The van der Waals surface area contributed by atoms with Crippen LogP contribution in [0.1, 0.15) is 19.3 Å². The van der Waals surface area contributed by atoms with E-state index >= 15 is 0 Å². The molecule has 2 N–H and O–H groups in total. The fourth-order valence-corrected chi connectivity index (χ4v) is 3.57. The minimum atomic E-state index is -3.57. The number of aromatic hydroxyl groups is 1. The van der Waals surface area contributed by atoms with Crippen molar-refractivity contribution in [2.45, 2.75) is 19.3 Å². The highest BCUT2D eigenvalue weighted by Crippen LogP contribution is 2.28. The molecule has 1 aromatic carbocycles. The van der Waals surface area contributed by atoms with E-state index in [-0.39, 0.29) is 11.4 Å². The second kappa shape index (κ2) is 5.46. The van der Waals surface area contributed by atoms with Gasteiger partial charge in [0.15, 0.2) is 0 Å². The van der Waals surface area contributed by atoms with Gasteiger partial charge in [-0.15, -0.1) is 0 Å². The lowest BCUT2D eigenvalue weighted by Gasteiger charge is -2.26. The van der Waals surface area contributed by atoms with Crippen LogP contribution in [0.5, 0.6) is 5.75 Å². The van der Waals surface area contributed by atoms with Gasteiger partial charge < -0.3 is 5.11 Å². The molecule has 0 saturated carbocycles. The number of nitrogens with one attached hydrogen (secondary N) is 1. The number of hydrogen-bond donors (Lipinski definition) is 2. The van der Waals surface area contributed by atoms with Gasteiger partial charge >= 0.3 is 10.2 Å². The van der Waals surface area contributed by atoms with Crippen LogP contribution in [0.25, 0.3) is 0 Å². The standard InChI is InChI=1S/C11H15BrN2O3S/c12-9-4-5-11(15)10(8-9)13-18(16,17)14-6-2-1-3-7-14/h4-5,8,13,15H,1-3,6-7H2. The number of piperidine rings is 1. The van der Waals surface area contributed by atoms with Gasteiger partial charge in [-0.1, -0.05) is 22.4 Å². The highest BCUT2D eigenvalue weighted by molar-refractivity contribution is 9.10. The van der Waals surface area contributed by atoms with Crippen LogP contribution < -0.4 is 4.72 Å². The van der Waals surface area contributed by atoms with Crippen molar-refractivity contribution in [1.82, 2.24) is 4.31 Å². The van der Waals surface area contributed by atoms with Crippen molar-refractivity contribution in [1.29, 1.82) is 0 Å². The molecule has 1 aliphatic rings. The van der Waals surface area contributed by atoms with Crippen molar-refractivity contribution < 1.29 is 13.5 Å². The highest BCUT2D eigenvalue weighted by Gasteiger charge is 2.24. The van der Waals surface area contributed by atoms with E-state index in [0.717, 1.165) is 19.3 Å². The molecule has 5 nitrogen and oxygen atoms in total. The Hall–Kier alpha value is -0.790. The molecule has 18 heavy (non-hydrogen) atoms. The maximum atomic E-state index is 12.1. The summed E-state index contributed by atoms with van der Waals surface area (Å²) in [5, 5.41) is 9.63. The summed E-state index contributed by atoms with van der Waals surface area (Å²) in [6.45, 7) is 1.06. The molecule has 0 bridgehead atoms. The molecule has 0 atom stereocenters. The Morgan fingerprint density at radius 1 is 1.22 bits per heavy atom. The molecule has 0 spiro atoms. The smallest absolute Gasteiger partial charge is 0.301 e. The molecule has 0 aliphatic carbocycles. The van der Waals surface area contributed by atoms with Crippen molar-refractivity contribution >= 4 is 31.8 Å². The second-order valence-corrected chi connectivity index (χ2v) is 6.81. The minimum Gasteiger partial charge on any atom is -0.506 e. The second-order valence-electron chi connectivity index (χ2n) is 4.23. The largest absolute Gasteiger partial charge is 0.506 e. The normalized spacial score (nSPS) is 17.6. The topological polar surface area (TPSA) is 69.6 Å². The van der Waals surface area contributed by atoms with Gasteiger partial charge in [-0.05, 0) is 31.0 Å². The van der Waals surface area contributed by atoms with E-state index in [1.807, 2.05) is 0 Å². The maximum Gasteiger partial charge on any atom is 0.301 e. The van der Waals surface area contributed by atoms with E-state index < -0.39 is 10.2 Å². The van der Waals surface area contributed by atoms with Gasteiger partial charge in [-0.25, -0.2) is 0 Å². The van der Waals surface area contributed by atoms with Crippen molar-refractivity contribution in [3.63, 3.8) is 0 Å². The van der Waals surface area contributed by atoms with Gasteiger partial charge in [0.05, 0.1) is 5.69 Å². The molecule has 0 amide bonds. The summed E-state index contributed by atoms with van der Waals surface area (Å²) in [6.07, 6.45) is 2.82. The van der Waals surface area contributed by atoms with Gasteiger partial charge in [0.1, 0.15) is 5.75 Å². The molecule has 1 heterocycles. The van der Waals surface area contributed by atoms with E-state index in [1.54, 1.807) is 6.07 Å². The molecular formula is C11H15BrN2O3S. The average Bonchev–Trinajstić information content (AvgIpc) is 2.35. The first-order chi connectivity index (χ1) is 8.49. The maximum absolute atomic E-state index is 12.1. The number of anilines is 1. The number of hydrogen-bond acceptors (Lipinski definition) is 3. The lowest BCUT2D eigenvalue weighted by molar-refractivity contribution is 0.349. The fourth-order valence-electron chi connectivity index (χ4n) is 1.90. The third-order valence-corrected chi connectivity index (χ3v) is 4.87. The lowest BCUT2D eigenvalue weighted by atomic mass is 10.2. The number of rotatable bonds is 3. The van der Waals surface area contributed by atoms with E-state index in [1.165, 1.54) is 16.4 Å². The Morgan fingerprint density at radius 2 is 1.89 bits per heavy atom. The van der Waals surface area contributed by atoms with Gasteiger partial charge in [-0.2, -0.15) is 12.7 Å². The number of phenolic OH excluding ortho intramolecular Hbond substituents is 1. The Kier molecular flexibility index (Phi) is 4.14. The third-order valence-electron chi connectivity index (χ3n) is 2.85. The van der Waals surface area contributed by atoms with Crippen molar-refractivity contribution in [2.24, 2.45) is 0 Å². The molecular weight excluding hydrogens is 320 g/mol. The number of phenols is 1. The molecule has 0 unspecified atom stereocenters. The Balaban J connectivity index is 2.18. The van der Waals surface area contributed by atoms with E-state index in [0.29, 0.717) is 17.6 Å². The van der Waals surface area contributed by atoms with Crippen LogP contribution in [0.4, 0.5) is 5.69 Å². The van der Waals surface area contributed by atoms with E-state index in [4.69, 9.17) is 0 Å². The molecule has 1 fully saturated rings. The molecule has 0 aromatic heterocycles. The zero-order chi connectivity index (χ0) is 13.2. The zero-order valence-corrected chi connectivity index (χ0v) is 12.2. The van der Waals surface area contributed by atoms with Crippen LogP contribution in [0, 0.1) is 0 Å².